The van der Waals surface area contributed by atoms with Crippen LogP contribution in [-0.4, -0.2) is 17.6 Å². The number of nitriles is 1. The minimum atomic E-state index is -0.587. The van der Waals surface area contributed by atoms with Crippen LogP contribution in [0.5, 0.6) is 0 Å². The fourth-order valence-electron chi connectivity index (χ4n) is 2.87. The van der Waals surface area contributed by atoms with Crippen LogP contribution < -0.4 is 10.6 Å². The minimum absolute atomic E-state index is 0.124. The van der Waals surface area contributed by atoms with Gasteiger partial charge in [-0.15, -0.1) is 0 Å². The molecule has 0 unspecified atom stereocenters. The number of hydrogen-bond donors (Lipinski definition) is 2. The Labute approximate surface area is 165 Å². The van der Waals surface area contributed by atoms with Crippen molar-refractivity contribution >= 4 is 23.3 Å². The Morgan fingerprint density at radius 3 is 2.45 bits per heavy atom. The molecule has 0 atom stereocenters. The molecule has 2 aromatic heterocycles. The van der Waals surface area contributed by atoms with E-state index in [-0.39, 0.29) is 29.4 Å². The zero-order chi connectivity index (χ0) is 20.2. The van der Waals surface area contributed by atoms with Gasteiger partial charge in [0.2, 0.25) is 0 Å². The summed E-state index contributed by atoms with van der Waals surface area (Å²) in [5.74, 6) is -0.146. The van der Waals surface area contributed by atoms with Gasteiger partial charge in [0.15, 0.2) is 5.76 Å². The van der Waals surface area contributed by atoms with Crippen molar-refractivity contribution in [2.75, 3.05) is 0 Å². The van der Waals surface area contributed by atoms with Gasteiger partial charge in [-0.25, -0.2) is 4.99 Å². The van der Waals surface area contributed by atoms with Crippen LogP contribution in [0.15, 0.2) is 80.5 Å². The molecule has 1 aromatic carbocycles. The zero-order valence-electron chi connectivity index (χ0n) is 15.0. The summed E-state index contributed by atoms with van der Waals surface area (Å²) >= 11 is 0. The highest BCUT2D eigenvalue weighted by Gasteiger charge is 2.27. The first-order valence-corrected chi connectivity index (χ1v) is 8.65. The minimum Gasteiger partial charge on any atom is -0.467 e. The number of carbonyl (C=O) groups excluding carboxylic acids is 2. The molecule has 1 aliphatic rings. The Kier molecular flexibility index (Phi) is 4.78. The largest absolute Gasteiger partial charge is 0.467 e. The molecule has 0 radical (unpaired) electrons. The number of aliphatic imine (C=N–C) groups is 1. The zero-order valence-corrected chi connectivity index (χ0v) is 15.0. The summed E-state index contributed by atoms with van der Waals surface area (Å²) in [6.45, 7) is 0.137. The lowest BCUT2D eigenvalue weighted by Gasteiger charge is -2.05. The van der Waals surface area contributed by atoms with E-state index in [4.69, 9.17) is 8.83 Å². The van der Waals surface area contributed by atoms with Gasteiger partial charge in [-0.3, -0.25) is 9.59 Å². The Morgan fingerprint density at radius 2 is 1.76 bits per heavy atom. The van der Waals surface area contributed by atoms with E-state index in [1.807, 2.05) is 6.07 Å². The lowest BCUT2D eigenvalue weighted by molar-refractivity contribution is -0.117. The van der Waals surface area contributed by atoms with Crippen molar-refractivity contribution in [3.8, 4) is 6.07 Å². The smallest absolute Gasteiger partial charge is 0.292 e. The van der Waals surface area contributed by atoms with Gasteiger partial charge in [0.05, 0.1) is 24.8 Å². The van der Waals surface area contributed by atoms with Crippen LogP contribution >= 0.6 is 0 Å². The summed E-state index contributed by atoms with van der Waals surface area (Å²) in [6, 6.07) is 15.5. The van der Waals surface area contributed by atoms with E-state index >= 15 is 0 Å². The standard InChI is InChI=1S/C21H14N4O4/c22-11-16(20(26)23-12-13-5-3-9-28-13)18-14-6-1-2-7-15(14)19(24-18)25-21(27)17-8-4-10-29-17/h1-10H,12H2,(H,23,26)(H,24,25,27). The SMILES string of the molecule is N#CC(C(=O)NCc1ccco1)=C1N=C(NC(=O)c2ccco2)c2ccccc21. The van der Waals surface area contributed by atoms with Crippen LogP contribution in [0, 0.1) is 11.3 Å². The second-order valence-electron chi connectivity index (χ2n) is 6.03. The normalized spacial score (nSPS) is 13.8. The summed E-state index contributed by atoms with van der Waals surface area (Å²) in [6.07, 6.45) is 2.89. The average Bonchev–Trinajstić information content (AvgIpc) is 3.49. The number of fused-ring (bicyclic) bond motifs is 1. The number of benzene rings is 1. The summed E-state index contributed by atoms with van der Waals surface area (Å²) in [5, 5.41) is 14.9. The number of hydrogen-bond acceptors (Lipinski definition) is 6. The van der Waals surface area contributed by atoms with Gasteiger partial charge < -0.3 is 19.5 Å². The monoisotopic (exact) mass is 386 g/mol. The highest BCUT2D eigenvalue weighted by atomic mass is 16.3. The summed E-state index contributed by atoms with van der Waals surface area (Å²) < 4.78 is 10.3. The van der Waals surface area contributed by atoms with Crippen LogP contribution in [0.25, 0.3) is 5.70 Å². The van der Waals surface area contributed by atoms with Gasteiger partial charge in [-0.2, -0.15) is 5.26 Å². The van der Waals surface area contributed by atoms with Gasteiger partial charge >= 0.3 is 0 Å². The highest BCUT2D eigenvalue weighted by Crippen LogP contribution is 2.30. The lowest BCUT2D eigenvalue weighted by atomic mass is 10.0. The number of nitrogens with one attached hydrogen (secondary N) is 2. The second kappa shape index (κ2) is 7.70. The van der Waals surface area contributed by atoms with Gasteiger partial charge in [-0.1, -0.05) is 24.3 Å². The highest BCUT2D eigenvalue weighted by molar-refractivity contribution is 6.20. The van der Waals surface area contributed by atoms with Gasteiger partial charge in [-0.05, 0) is 24.3 Å². The molecule has 0 aliphatic carbocycles. The number of amides is 2. The van der Waals surface area contributed by atoms with Crippen LogP contribution in [-0.2, 0) is 11.3 Å². The van der Waals surface area contributed by atoms with E-state index in [9.17, 15) is 14.9 Å². The van der Waals surface area contributed by atoms with E-state index in [1.54, 1.807) is 42.5 Å². The molecular formula is C21H14N4O4. The van der Waals surface area contributed by atoms with Gasteiger partial charge in [0, 0.05) is 11.1 Å². The number of rotatable bonds is 4. The first kappa shape index (κ1) is 18.0. The van der Waals surface area contributed by atoms with Crippen molar-refractivity contribution < 1.29 is 18.4 Å². The number of carbonyl (C=O) groups is 2. The lowest BCUT2D eigenvalue weighted by Crippen LogP contribution is -2.30. The third-order valence-electron chi connectivity index (χ3n) is 4.22. The average molecular weight is 386 g/mol. The number of nitrogens with zero attached hydrogens (tertiary/aromatic N) is 2. The van der Waals surface area contributed by atoms with Crippen molar-refractivity contribution in [2.24, 2.45) is 4.99 Å². The summed E-state index contributed by atoms with van der Waals surface area (Å²) in [4.78, 5) is 29.3. The Bertz CT molecular complexity index is 1170. The molecule has 0 saturated carbocycles. The molecule has 0 fully saturated rings. The van der Waals surface area contributed by atoms with E-state index in [2.05, 4.69) is 15.6 Å². The van der Waals surface area contributed by atoms with Crippen molar-refractivity contribution in [2.45, 2.75) is 6.54 Å². The third-order valence-corrected chi connectivity index (χ3v) is 4.22. The molecule has 29 heavy (non-hydrogen) atoms. The van der Waals surface area contributed by atoms with E-state index < -0.39 is 11.8 Å². The summed E-state index contributed by atoms with van der Waals surface area (Å²) in [5.41, 5.74) is 1.21. The molecule has 8 nitrogen and oxygen atoms in total. The van der Waals surface area contributed by atoms with Crippen LogP contribution in [0.4, 0.5) is 0 Å². The number of furan rings is 2. The molecule has 3 heterocycles. The fourth-order valence-corrected chi connectivity index (χ4v) is 2.87. The van der Waals surface area contributed by atoms with Crippen molar-refractivity contribution in [1.29, 1.82) is 5.26 Å². The van der Waals surface area contributed by atoms with Crippen molar-refractivity contribution in [3.63, 3.8) is 0 Å². The molecule has 4 rings (SSSR count). The molecule has 0 saturated heterocycles. The number of amidine groups is 1. The maximum atomic E-state index is 12.6. The summed E-state index contributed by atoms with van der Waals surface area (Å²) in [7, 11) is 0. The van der Waals surface area contributed by atoms with E-state index in [1.165, 1.54) is 18.6 Å². The predicted octanol–water partition coefficient (Wildman–Crippen LogP) is 2.61. The Balaban J connectivity index is 1.65. The maximum Gasteiger partial charge on any atom is 0.292 e. The Hall–Kier alpha value is -4.38. The third kappa shape index (κ3) is 3.57. The second-order valence-corrected chi connectivity index (χ2v) is 6.03. The molecule has 0 bridgehead atoms. The van der Waals surface area contributed by atoms with Crippen molar-refractivity contribution in [1.82, 2.24) is 10.6 Å². The Morgan fingerprint density at radius 1 is 1.00 bits per heavy atom. The first-order valence-electron chi connectivity index (χ1n) is 8.65. The molecule has 2 amide bonds. The molecule has 3 aromatic rings. The van der Waals surface area contributed by atoms with Gasteiger partial charge in [0.1, 0.15) is 23.2 Å². The van der Waals surface area contributed by atoms with Crippen LogP contribution in [0.1, 0.15) is 27.4 Å². The molecule has 142 valence electrons. The topological polar surface area (TPSA) is 121 Å². The molecule has 1 aliphatic heterocycles. The first-order chi connectivity index (χ1) is 14.2. The predicted molar refractivity (Wildman–Crippen MR) is 102 cm³/mol. The van der Waals surface area contributed by atoms with Crippen LogP contribution in [0.3, 0.4) is 0 Å². The fraction of sp³-hybridized carbons (Fsp3) is 0.0476. The maximum absolute atomic E-state index is 12.6. The van der Waals surface area contributed by atoms with Gasteiger partial charge in [0.25, 0.3) is 11.8 Å². The molecule has 0 spiro atoms. The van der Waals surface area contributed by atoms with E-state index in [0.717, 1.165) is 0 Å². The quantitative estimate of drug-likeness (QED) is 0.527. The van der Waals surface area contributed by atoms with Crippen LogP contribution in [0.2, 0.25) is 0 Å². The molecule has 8 heteroatoms. The molecular weight excluding hydrogens is 372 g/mol. The molecule has 2 N–H and O–H groups in total. The van der Waals surface area contributed by atoms with E-state index in [0.29, 0.717) is 16.9 Å². The van der Waals surface area contributed by atoms with Crippen molar-refractivity contribution in [3.05, 3.63) is 89.3 Å².